The van der Waals surface area contributed by atoms with Gasteiger partial charge in [0, 0.05) is 52.8 Å². The molecule has 1 aromatic rings. The van der Waals surface area contributed by atoms with Crippen molar-refractivity contribution in [3.63, 3.8) is 0 Å². The lowest BCUT2D eigenvalue weighted by molar-refractivity contribution is -0.130. The maximum absolute atomic E-state index is 12.2. The first-order valence-electron chi connectivity index (χ1n) is 10.4. The first-order valence-corrected chi connectivity index (χ1v) is 10.4. The molecule has 0 radical (unpaired) electrons. The van der Waals surface area contributed by atoms with E-state index < -0.39 is 0 Å². The SMILES string of the molecule is COCCN(C)C(=O)CCC[C@H]1NCC2CC1CN(Cc1ccccc1)C2. The molecule has 2 aliphatic heterocycles. The fourth-order valence-corrected chi connectivity index (χ4v) is 4.60. The molecule has 27 heavy (non-hydrogen) atoms. The Morgan fingerprint density at radius 1 is 1.30 bits per heavy atom. The number of ether oxygens (including phenoxy) is 1. The van der Waals surface area contributed by atoms with Gasteiger partial charge in [-0.05, 0) is 43.2 Å². The molecule has 1 N–H and O–H groups in total. The highest BCUT2D eigenvalue weighted by atomic mass is 16.5. The van der Waals surface area contributed by atoms with Crippen LogP contribution >= 0.6 is 0 Å². The first kappa shape index (κ1) is 20.3. The van der Waals surface area contributed by atoms with Crippen molar-refractivity contribution in [3.05, 3.63) is 35.9 Å². The molecule has 0 saturated carbocycles. The van der Waals surface area contributed by atoms with Gasteiger partial charge in [-0.25, -0.2) is 0 Å². The summed E-state index contributed by atoms with van der Waals surface area (Å²) in [5, 5.41) is 3.77. The van der Waals surface area contributed by atoms with Gasteiger partial charge in [-0.1, -0.05) is 30.3 Å². The van der Waals surface area contributed by atoms with Crippen LogP contribution in [0.1, 0.15) is 31.2 Å². The number of hydrogen-bond acceptors (Lipinski definition) is 4. The molecule has 2 saturated heterocycles. The van der Waals surface area contributed by atoms with Crippen LogP contribution in [0.25, 0.3) is 0 Å². The Labute approximate surface area is 164 Å². The number of hydrogen-bond donors (Lipinski definition) is 1. The third-order valence-corrected chi connectivity index (χ3v) is 6.09. The number of nitrogens with one attached hydrogen (secondary N) is 1. The summed E-state index contributed by atoms with van der Waals surface area (Å²) in [5.74, 6) is 1.71. The third-order valence-electron chi connectivity index (χ3n) is 6.09. The Bertz CT molecular complexity index is 580. The fraction of sp³-hybridized carbons (Fsp3) is 0.682. The lowest BCUT2D eigenvalue weighted by Gasteiger charge is -2.46. The quantitative estimate of drug-likeness (QED) is 0.722. The van der Waals surface area contributed by atoms with Crippen LogP contribution in [0, 0.1) is 11.8 Å². The summed E-state index contributed by atoms with van der Waals surface area (Å²) in [6, 6.07) is 11.4. The molecule has 2 fully saturated rings. The zero-order valence-electron chi connectivity index (χ0n) is 16.9. The second-order valence-electron chi connectivity index (χ2n) is 8.26. The van der Waals surface area contributed by atoms with E-state index in [0.717, 1.165) is 31.8 Å². The Morgan fingerprint density at radius 3 is 2.89 bits per heavy atom. The Balaban J connectivity index is 1.43. The molecule has 2 aliphatic rings. The second kappa shape index (κ2) is 10.2. The number of likely N-dealkylation sites (tertiary alicyclic amines) is 1. The summed E-state index contributed by atoms with van der Waals surface area (Å²) < 4.78 is 5.05. The molecule has 5 nitrogen and oxygen atoms in total. The number of fused-ring (bicyclic) bond motifs is 2. The van der Waals surface area contributed by atoms with E-state index in [1.165, 1.54) is 25.1 Å². The Kier molecular flexibility index (Phi) is 7.68. The molecular formula is C22H35N3O2. The van der Waals surface area contributed by atoms with Crippen molar-refractivity contribution in [2.24, 2.45) is 11.8 Å². The van der Waals surface area contributed by atoms with Crippen molar-refractivity contribution in [1.29, 1.82) is 0 Å². The summed E-state index contributed by atoms with van der Waals surface area (Å²) >= 11 is 0. The normalized spacial score (nSPS) is 25.3. The van der Waals surface area contributed by atoms with Crippen LogP contribution in [0.3, 0.4) is 0 Å². The van der Waals surface area contributed by atoms with E-state index >= 15 is 0 Å². The van der Waals surface area contributed by atoms with Crippen molar-refractivity contribution in [2.75, 3.05) is 46.9 Å². The van der Waals surface area contributed by atoms with Gasteiger partial charge in [0.1, 0.15) is 0 Å². The summed E-state index contributed by atoms with van der Waals surface area (Å²) in [6.07, 6.45) is 4.04. The maximum Gasteiger partial charge on any atom is 0.222 e. The molecule has 3 rings (SSSR count). The Hall–Kier alpha value is -1.43. The highest BCUT2D eigenvalue weighted by Crippen LogP contribution is 2.31. The van der Waals surface area contributed by atoms with Crippen LogP contribution in [0.4, 0.5) is 0 Å². The number of likely N-dealkylation sites (N-methyl/N-ethyl adjacent to an activating group) is 1. The predicted octanol–water partition coefficient (Wildman–Crippen LogP) is 2.37. The molecule has 0 aromatic heterocycles. The smallest absolute Gasteiger partial charge is 0.222 e. The molecule has 5 heteroatoms. The van der Waals surface area contributed by atoms with E-state index in [-0.39, 0.29) is 5.91 Å². The van der Waals surface area contributed by atoms with Gasteiger partial charge in [0.15, 0.2) is 0 Å². The van der Waals surface area contributed by atoms with Gasteiger partial charge in [-0.15, -0.1) is 0 Å². The van der Waals surface area contributed by atoms with E-state index in [2.05, 4.69) is 40.5 Å². The average molecular weight is 374 g/mol. The van der Waals surface area contributed by atoms with Gasteiger partial charge < -0.3 is 15.0 Å². The second-order valence-corrected chi connectivity index (χ2v) is 8.26. The van der Waals surface area contributed by atoms with Crippen molar-refractivity contribution >= 4 is 5.91 Å². The highest BCUT2D eigenvalue weighted by Gasteiger charge is 2.36. The monoisotopic (exact) mass is 373 g/mol. The number of amides is 1. The Morgan fingerprint density at radius 2 is 2.11 bits per heavy atom. The molecule has 2 bridgehead atoms. The molecule has 1 aromatic carbocycles. The van der Waals surface area contributed by atoms with Gasteiger partial charge in [0.05, 0.1) is 6.61 Å². The average Bonchev–Trinajstić information content (AvgIpc) is 2.68. The van der Waals surface area contributed by atoms with Gasteiger partial charge in [0.2, 0.25) is 5.91 Å². The van der Waals surface area contributed by atoms with Crippen molar-refractivity contribution < 1.29 is 9.53 Å². The lowest BCUT2D eigenvalue weighted by Crippen LogP contribution is -2.55. The third kappa shape index (κ3) is 6.03. The summed E-state index contributed by atoms with van der Waals surface area (Å²) in [4.78, 5) is 16.6. The molecule has 150 valence electrons. The molecule has 3 atom stereocenters. The standard InChI is InChI=1S/C22H35N3O2/c1-24(11-12-27-2)22(26)10-6-9-21-20-13-19(14-23-21)16-25(17-20)15-18-7-4-3-5-8-18/h3-5,7-8,19-21,23H,6,9-17H2,1-2H3/t19?,20?,21-/m1/s1. The van der Waals surface area contributed by atoms with E-state index in [0.29, 0.717) is 31.5 Å². The van der Waals surface area contributed by atoms with E-state index in [1.54, 1.807) is 12.0 Å². The number of carbonyl (C=O) groups is 1. The topological polar surface area (TPSA) is 44.8 Å². The van der Waals surface area contributed by atoms with E-state index in [4.69, 9.17) is 4.74 Å². The van der Waals surface area contributed by atoms with Crippen molar-refractivity contribution in [2.45, 2.75) is 38.3 Å². The minimum atomic E-state index is 0.232. The van der Waals surface area contributed by atoms with Crippen LogP contribution in [-0.2, 0) is 16.1 Å². The zero-order chi connectivity index (χ0) is 19.1. The van der Waals surface area contributed by atoms with Crippen molar-refractivity contribution in [3.8, 4) is 0 Å². The van der Waals surface area contributed by atoms with Crippen molar-refractivity contribution in [1.82, 2.24) is 15.1 Å². The maximum atomic E-state index is 12.2. The van der Waals surface area contributed by atoms with Crippen LogP contribution in [0.2, 0.25) is 0 Å². The number of benzene rings is 1. The number of methoxy groups -OCH3 is 1. The van der Waals surface area contributed by atoms with E-state index in [1.807, 2.05) is 7.05 Å². The number of rotatable bonds is 9. The molecule has 1 amide bonds. The fourth-order valence-electron chi connectivity index (χ4n) is 4.60. The minimum Gasteiger partial charge on any atom is -0.383 e. The van der Waals surface area contributed by atoms with Crippen LogP contribution in [0.15, 0.2) is 30.3 Å². The first-order chi connectivity index (χ1) is 13.2. The number of piperidine rings is 2. The summed E-state index contributed by atoms with van der Waals surface area (Å²) in [5.41, 5.74) is 1.41. The van der Waals surface area contributed by atoms with Gasteiger partial charge in [-0.3, -0.25) is 9.69 Å². The summed E-state index contributed by atoms with van der Waals surface area (Å²) in [7, 11) is 3.54. The summed E-state index contributed by atoms with van der Waals surface area (Å²) in [6.45, 7) is 5.83. The largest absolute Gasteiger partial charge is 0.383 e. The van der Waals surface area contributed by atoms with E-state index in [9.17, 15) is 4.79 Å². The van der Waals surface area contributed by atoms with Crippen LogP contribution < -0.4 is 5.32 Å². The predicted molar refractivity (Wildman–Crippen MR) is 108 cm³/mol. The minimum absolute atomic E-state index is 0.232. The molecule has 2 heterocycles. The number of nitrogens with zero attached hydrogens (tertiary/aromatic N) is 2. The highest BCUT2D eigenvalue weighted by molar-refractivity contribution is 5.75. The number of carbonyl (C=O) groups excluding carboxylic acids is 1. The lowest BCUT2D eigenvalue weighted by atomic mass is 9.79. The van der Waals surface area contributed by atoms with Crippen LogP contribution in [-0.4, -0.2) is 68.7 Å². The molecule has 0 aliphatic carbocycles. The van der Waals surface area contributed by atoms with Gasteiger partial charge >= 0.3 is 0 Å². The zero-order valence-corrected chi connectivity index (χ0v) is 16.9. The van der Waals surface area contributed by atoms with Gasteiger partial charge in [0.25, 0.3) is 0 Å². The molecule has 0 spiro atoms. The van der Waals surface area contributed by atoms with Gasteiger partial charge in [-0.2, -0.15) is 0 Å². The molecular weight excluding hydrogens is 338 g/mol. The van der Waals surface area contributed by atoms with Crippen LogP contribution in [0.5, 0.6) is 0 Å². The molecule has 2 unspecified atom stereocenters.